The van der Waals surface area contributed by atoms with Crippen molar-refractivity contribution in [3.05, 3.63) is 35.9 Å². The first-order chi connectivity index (χ1) is 8.20. The lowest BCUT2D eigenvalue weighted by Gasteiger charge is -2.14. The second kappa shape index (κ2) is 5.29. The summed E-state index contributed by atoms with van der Waals surface area (Å²) in [6.45, 7) is 2.02. The molecule has 0 amide bonds. The van der Waals surface area contributed by atoms with Crippen LogP contribution in [0, 0.1) is 5.92 Å². The van der Waals surface area contributed by atoms with E-state index >= 15 is 0 Å². The van der Waals surface area contributed by atoms with Crippen LogP contribution in [0.3, 0.4) is 0 Å². The average molecular weight is 235 g/mol. The highest BCUT2D eigenvalue weighted by Crippen LogP contribution is 2.21. The summed E-state index contributed by atoms with van der Waals surface area (Å²) in [6, 6.07) is 10.1. The topological polar surface area (TPSA) is 49.8 Å². The highest BCUT2D eigenvalue weighted by Gasteiger charge is 2.37. The Labute approximate surface area is 101 Å². The van der Waals surface area contributed by atoms with Crippen molar-refractivity contribution in [3.8, 4) is 0 Å². The third-order valence-corrected chi connectivity index (χ3v) is 3.21. The maximum atomic E-state index is 11.1. The number of carboxylic acid groups (broad SMARTS) is 1. The standard InChI is InChI=1S/C13H17NO3/c1-17-12-9-14(8-11(12)13(15)16)7-10-5-3-2-4-6-10/h2-6,11-12H,7-9H2,1H3,(H,15,16)/t11-,12+/m1/s1. The molecule has 2 atom stereocenters. The number of methoxy groups -OCH3 is 1. The Morgan fingerprint density at radius 3 is 2.65 bits per heavy atom. The molecular formula is C13H17NO3. The lowest BCUT2D eigenvalue weighted by atomic mass is 10.1. The van der Waals surface area contributed by atoms with Gasteiger partial charge >= 0.3 is 5.97 Å². The van der Waals surface area contributed by atoms with Crippen molar-refractivity contribution in [1.82, 2.24) is 4.90 Å². The molecular weight excluding hydrogens is 218 g/mol. The molecule has 1 fully saturated rings. The fraction of sp³-hybridized carbons (Fsp3) is 0.462. The third kappa shape index (κ3) is 2.84. The molecule has 0 spiro atoms. The quantitative estimate of drug-likeness (QED) is 0.852. The molecule has 4 heteroatoms. The van der Waals surface area contributed by atoms with E-state index in [1.54, 1.807) is 7.11 Å². The Hall–Kier alpha value is -1.39. The zero-order valence-electron chi connectivity index (χ0n) is 9.87. The molecule has 0 aliphatic carbocycles. The minimum atomic E-state index is -0.771. The van der Waals surface area contributed by atoms with Crippen LogP contribution in [0.2, 0.25) is 0 Å². The Bertz CT molecular complexity index is 380. The van der Waals surface area contributed by atoms with Crippen LogP contribution < -0.4 is 0 Å². The summed E-state index contributed by atoms with van der Waals surface area (Å²) in [7, 11) is 1.58. The molecule has 0 aromatic heterocycles. The number of rotatable bonds is 4. The SMILES string of the molecule is CO[C@H]1CN(Cc2ccccc2)C[C@H]1C(=O)O. The average Bonchev–Trinajstić information content (AvgIpc) is 2.73. The van der Waals surface area contributed by atoms with E-state index in [2.05, 4.69) is 17.0 Å². The van der Waals surface area contributed by atoms with Crippen LogP contribution in [0.1, 0.15) is 5.56 Å². The van der Waals surface area contributed by atoms with Gasteiger partial charge in [0.15, 0.2) is 0 Å². The van der Waals surface area contributed by atoms with Crippen LogP contribution in [-0.4, -0.2) is 42.3 Å². The molecule has 0 saturated carbocycles. The zero-order valence-corrected chi connectivity index (χ0v) is 9.87. The lowest BCUT2D eigenvalue weighted by molar-refractivity contribution is -0.144. The molecule has 1 aliphatic rings. The van der Waals surface area contributed by atoms with Gasteiger partial charge in [-0.05, 0) is 5.56 Å². The van der Waals surface area contributed by atoms with E-state index < -0.39 is 11.9 Å². The number of carboxylic acids is 1. The van der Waals surface area contributed by atoms with Crippen molar-refractivity contribution in [1.29, 1.82) is 0 Å². The summed E-state index contributed by atoms with van der Waals surface area (Å²) < 4.78 is 5.23. The third-order valence-electron chi connectivity index (χ3n) is 3.21. The largest absolute Gasteiger partial charge is 0.481 e. The summed E-state index contributed by atoms with van der Waals surface area (Å²) in [5.41, 5.74) is 1.20. The predicted molar refractivity (Wildman–Crippen MR) is 63.6 cm³/mol. The molecule has 1 heterocycles. The first-order valence-corrected chi connectivity index (χ1v) is 5.72. The van der Waals surface area contributed by atoms with E-state index in [1.807, 2.05) is 18.2 Å². The van der Waals surface area contributed by atoms with E-state index in [1.165, 1.54) is 5.56 Å². The van der Waals surface area contributed by atoms with Crippen molar-refractivity contribution in [3.63, 3.8) is 0 Å². The number of likely N-dealkylation sites (tertiary alicyclic amines) is 1. The number of carbonyl (C=O) groups is 1. The highest BCUT2D eigenvalue weighted by atomic mass is 16.5. The van der Waals surface area contributed by atoms with Gasteiger partial charge in [0.05, 0.1) is 12.0 Å². The molecule has 0 radical (unpaired) electrons. The summed E-state index contributed by atoms with van der Waals surface area (Å²) in [4.78, 5) is 13.2. The van der Waals surface area contributed by atoms with Crippen LogP contribution in [0.4, 0.5) is 0 Å². The van der Waals surface area contributed by atoms with Crippen LogP contribution in [0.15, 0.2) is 30.3 Å². The fourth-order valence-electron chi connectivity index (χ4n) is 2.30. The lowest BCUT2D eigenvalue weighted by Crippen LogP contribution is -2.27. The zero-order chi connectivity index (χ0) is 12.3. The molecule has 92 valence electrons. The van der Waals surface area contributed by atoms with Crippen molar-refractivity contribution < 1.29 is 14.6 Å². The minimum absolute atomic E-state index is 0.198. The number of hydrogen-bond donors (Lipinski definition) is 1. The Morgan fingerprint density at radius 2 is 2.12 bits per heavy atom. The number of hydrogen-bond acceptors (Lipinski definition) is 3. The summed E-state index contributed by atoms with van der Waals surface area (Å²) in [5.74, 6) is -1.18. The Morgan fingerprint density at radius 1 is 1.41 bits per heavy atom. The first kappa shape index (κ1) is 12.1. The van der Waals surface area contributed by atoms with Gasteiger partial charge < -0.3 is 9.84 Å². The van der Waals surface area contributed by atoms with Crippen molar-refractivity contribution >= 4 is 5.97 Å². The first-order valence-electron chi connectivity index (χ1n) is 5.72. The number of ether oxygens (including phenoxy) is 1. The molecule has 0 unspecified atom stereocenters. The van der Waals surface area contributed by atoms with Gasteiger partial charge in [0.2, 0.25) is 0 Å². The molecule has 4 nitrogen and oxygen atoms in total. The van der Waals surface area contributed by atoms with E-state index in [0.29, 0.717) is 13.1 Å². The summed E-state index contributed by atoms with van der Waals surface area (Å²) in [5, 5.41) is 9.09. The number of aliphatic carboxylic acids is 1. The molecule has 1 aliphatic heterocycles. The van der Waals surface area contributed by atoms with E-state index in [9.17, 15) is 4.79 Å². The van der Waals surface area contributed by atoms with Gasteiger partial charge in [-0.1, -0.05) is 30.3 Å². The second-order valence-corrected chi connectivity index (χ2v) is 4.40. The number of nitrogens with zero attached hydrogens (tertiary/aromatic N) is 1. The Balaban J connectivity index is 1.99. The molecule has 17 heavy (non-hydrogen) atoms. The molecule has 1 aromatic rings. The molecule has 1 N–H and O–H groups in total. The van der Waals surface area contributed by atoms with Gasteiger partial charge in [-0.15, -0.1) is 0 Å². The van der Waals surface area contributed by atoms with Crippen LogP contribution in [-0.2, 0) is 16.1 Å². The fourth-order valence-corrected chi connectivity index (χ4v) is 2.30. The predicted octanol–water partition coefficient (Wildman–Crippen LogP) is 1.22. The summed E-state index contributed by atoms with van der Waals surface area (Å²) >= 11 is 0. The summed E-state index contributed by atoms with van der Waals surface area (Å²) in [6.07, 6.45) is -0.198. The van der Waals surface area contributed by atoms with Crippen molar-refractivity contribution in [2.24, 2.45) is 5.92 Å². The minimum Gasteiger partial charge on any atom is -0.481 e. The van der Waals surface area contributed by atoms with Crippen LogP contribution >= 0.6 is 0 Å². The van der Waals surface area contributed by atoms with Gasteiger partial charge in [0, 0.05) is 26.7 Å². The molecule has 1 aromatic carbocycles. The van der Waals surface area contributed by atoms with Crippen molar-refractivity contribution in [2.45, 2.75) is 12.6 Å². The van der Waals surface area contributed by atoms with Gasteiger partial charge in [0.25, 0.3) is 0 Å². The van der Waals surface area contributed by atoms with Gasteiger partial charge in [-0.3, -0.25) is 9.69 Å². The van der Waals surface area contributed by atoms with E-state index in [-0.39, 0.29) is 6.10 Å². The maximum Gasteiger partial charge on any atom is 0.310 e. The van der Waals surface area contributed by atoms with E-state index in [0.717, 1.165) is 6.54 Å². The Kier molecular flexibility index (Phi) is 3.76. The van der Waals surface area contributed by atoms with Gasteiger partial charge in [-0.2, -0.15) is 0 Å². The second-order valence-electron chi connectivity index (χ2n) is 4.40. The van der Waals surface area contributed by atoms with Crippen molar-refractivity contribution in [2.75, 3.05) is 20.2 Å². The van der Waals surface area contributed by atoms with Gasteiger partial charge in [0.1, 0.15) is 0 Å². The number of benzene rings is 1. The maximum absolute atomic E-state index is 11.1. The normalized spacial score (nSPS) is 25.0. The monoisotopic (exact) mass is 235 g/mol. The van der Waals surface area contributed by atoms with E-state index in [4.69, 9.17) is 9.84 Å². The molecule has 1 saturated heterocycles. The highest BCUT2D eigenvalue weighted by molar-refractivity contribution is 5.71. The van der Waals surface area contributed by atoms with Crippen LogP contribution in [0.25, 0.3) is 0 Å². The van der Waals surface area contributed by atoms with Crippen LogP contribution in [0.5, 0.6) is 0 Å². The smallest absolute Gasteiger partial charge is 0.310 e. The molecule has 0 bridgehead atoms. The van der Waals surface area contributed by atoms with Gasteiger partial charge in [-0.25, -0.2) is 0 Å². The molecule has 2 rings (SSSR count).